The third-order valence-electron chi connectivity index (χ3n) is 2.82. The molecule has 0 fully saturated rings. The average molecular weight is 269 g/mol. The molecule has 0 unspecified atom stereocenters. The fourth-order valence-electron chi connectivity index (χ4n) is 1.76. The maximum Gasteiger partial charge on any atom is 0.290 e. The van der Waals surface area contributed by atoms with E-state index < -0.39 is 11.0 Å². The van der Waals surface area contributed by atoms with Crippen LogP contribution in [0.1, 0.15) is 19.4 Å². The van der Waals surface area contributed by atoms with Gasteiger partial charge in [0.05, 0.1) is 23.7 Å². The summed E-state index contributed by atoms with van der Waals surface area (Å²) in [5.41, 5.74) is 0.452. The molecule has 1 aromatic heterocycles. The Hall–Kier alpha value is -1.73. The smallest absolute Gasteiger partial charge is 0.290 e. The number of aryl methyl sites for hydroxylation is 1. The van der Waals surface area contributed by atoms with Crippen LogP contribution >= 0.6 is 0 Å². The molecule has 7 nitrogen and oxygen atoms in total. The van der Waals surface area contributed by atoms with Crippen molar-refractivity contribution in [2.24, 2.45) is 0 Å². The highest BCUT2D eigenvalue weighted by atomic mass is 16.6. The highest BCUT2D eigenvalue weighted by Gasteiger charge is 2.20. The lowest BCUT2D eigenvalue weighted by Gasteiger charge is -2.30. The van der Waals surface area contributed by atoms with E-state index in [2.05, 4.69) is 4.98 Å². The molecule has 2 N–H and O–H groups in total. The number of nitrogens with zero attached hydrogens (tertiary/aromatic N) is 3. The second-order valence-electron chi connectivity index (χ2n) is 4.62. The van der Waals surface area contributed by atoms with Crippen molar-refractivity contribution >= 4 is 11.5 Å². The van der Waals surface area contributed by atoms with Crippen LogP contribution in [-0.2, 0) is 0 Å². The standard InChI is InChI=1S/C12H19N3O4/c1-8-4-12(13-5-11(8)15(18)19)14(6-10(3)17)9(2)7-16/h4-5,9-10,16-17H,6-7H2,1-3H3/t9-,10+/m1/s1. The topological polar surface area (TPSA) is 99.7 Å². The second kappa shape index (κ2) is 6.44. The maximum atomic E-state index is 10.7. The van der Waals surface area contributed by atoms with Gasteiger partial charge in [0.15, 0.2) is 0 Å². The number of anilines is 1. The Morgan fingerprint density at radius 2 is 2.16 bits per heavy atom. The Bertz CT molecular complexity index is 451. The van der Waals surface area contributed by atoms with Crippen molar-refractivity contribution in [1.29, 1.82) is 0 Å². The molecule has 0 aliphatic rings. The van der Waals surface area contributed by atoms with Gasteiger partial charge >= 0.3 is 0 Å². The first kappa shape index (κ1) is 15.3. The lowest BCUT2D eigenvalue weighted by Crippen LogP contribution is -2.40. The van der Waals surface area contributed by atoms with Crippen LogP contribution in [0.5, 0.6) is 0 Å². The average Bonchev–Trinajstić information content (AvgIpc) is 2.34. The first-order valence-electron chi connectivity index (χ1n) is 6.03. The number of rotatable bonds is 6. The summed E-state index contributed by atoms with van der Waals surface area (Å²) in [5, 5.41) is 29.5. The van der Waals surface area contributed by atoms with E-state index in [1.54, 1.807) is 31.7 Å². The van der Waals surface area contributed by atoms with Gasteiger partial charge in [-0.1, -0.05) is 0 Å². The monoisotopic (exact) mass is 269 g/mol. The number of nitro groups is 1. The summed E-state index contributed by atoms with van der Waals surface area (Å²) in [4.78, 5) is 16.0. The predicted octanol–water partition coefficient (Wildman–Crippen LogP) is 0.866. The minimum atomic E-state index is -0.591. The predicted molar refractivity (Wildman–Crippen MR) is 71.2 cm³/mol. The molecule has 0 amide bonds. The van der Waals surface area contributed by atoms with E-state index in [4.69, 9.17) is 0 Å². The SMILES string of the molecule is Cc1cc(N(C[C@H](C)O)[C@H](C)CO)ncc1[N+](=O)[O-]. The van der Waals surface area contributed by atoms with Crippen LogP contribution in [-0.4, -0.2) is 45.4 Å². The Kier molecular flexibility index (Phi) is 5.20. The summed E-state index contributed by atoms with van der Waals surface area (Å²) in [7, 11) is 0. The van der Waals surface area contributed by atoms with E-state index in [9.17, 15) is 20.3 Å². The zero-order chi connectivity index (χ0) is 14.6. The van der Waals surface area contributed by atoms with Gasteiger partial charge in [-0.2, -0.15) is 0 Å². The summed E-state index contributed by atoms with van der Waals surface area (Å²) in [5.74, 6) is 0.505. The first-order valence-corrected chi connectivity index (χ1v) is 6.03. The number of aliphatic hydroxyl groups is 2. The van der Waals surface area contributed by atoms with Crippen LogP contribution in [0.4, 0.5) is 11.5 Å². The lowest BCUT2D eigenvalue weighted by molar-refractivity contribution is -0.385. The summed E-state index contributed by atoms with van der Waals surface area (Å²) >= 11 is 0. The third kappa shape index (κ3) is 3.87. The molecule has 0 spiro atoms. The summed E-state index contributed by atoms with van der Waals surface area (Å²) in [6.07, 6.45) is 0.607. The Morgan fingerprint density at radius 3 is 2.58 bits per heavy atom. The van der Waals surface area contributed by atoms with Crippen LogP contribution in [0, 0.1) is 17.0 Å². The molecule has 0 saturated carbocycles. The van der Waals surface area contributed by atoms with Gasteiger partial charge in [0.2, 0.25) is 0 Å². The van der Waals surface area contributed by atoms with E-state index in [1.807, 2.05) is 0 Å². The second-order valence-corrected chi connectivity index (χ2v) is 4.62. The van der Waals surface area contributed by atoms with Crippen molar-refractivity contribution in [3.05, 3.63) is 27.9 Å². The number of hydrogen-bond donors (Lipinski definition) is 2. The number of pyridine rings is 1. The summed E-state index contributed by atoms with van der Waals surface area (Å²) in [6.45, 7) is 5.26. The molecule has 0 aliphatic heterocycles. The molecule has 7 heteroatoms. The van der Waals surface area contributed by atoms with E-state index in [1.165, 1.54) is 6.20 Å². The van der Waals surface area contributed by atoms with Gasteiger partial charge in [-0.25, -0.2) is 4.98 Å². The summed E-state index contributed by atoms with van der Waals surface area (Å²) < 4.78 is 0. The molecule has 0 aromatic carbocycles. The van der Waals surface area contributed by atoms with E-state index >= 15 is 0 Å². The largest absolute Gasteiger partial charge is 0.394 e. The quantitative estimate of drug-likeness (QED) is 0.587. The van der Waals surface area contributed by atoms with E-state index in [0.29, 0.717) is 17.9 Å². The minimum Gasteiger partial charge on any atom is -0.394 e. The van der Waals surface area contributed by atoms with Crippen LogP contribution in [0.2, 0.25) is 0 Å². The normalized spacial score (nSPS) is 13.9. The fourth-order valence-corrected chi connectivity index (χ4v) is 1.76. The molecule has 0 radical (unpaired) electrons. The fraction of sp³-hybridized carbons (Fsp3) is 0.583. The Balaban J connectivity index is 3.09. The summed E-state index contributed by atoms with van der Waals surface area (Å²) in [6, 6.07) is 1.36. The van der Waals surface area contributed by atoms with E-state index in [-0.39, 0.29) is 18.3 Å². The Labute approximate surface area is 111 Å². The van der Waals surface area contributed by atoms with Gasteiger partial charge in [0.25, 0.3) is 5.69 Å². The zero-order valence-electron chi connectivity index (χ0n) is 11.3. The van der Waals surface area contributed by atoms with Crippen molar-refractivity contribution < 1.29 is 15.1 Å². The lowest BCUT2D eigenvalue weighted by atomic mass is 10.2. The molecule has 1 heterocycles. The first-order chi connectivity index (χ1) is 8.86. The minimum absolute atomic E-state index is 0.0441. The third-order valence-corrected chi connectivity index (χ3v) is 2.82. The van der Waals surface area contributed by atoms with Gasteiger partial charge in [0.1, 0.15) is 12.0 Å². The molecule has 106 valence electrons. The van der Waals surface area contributed by atoms with Gasteiger partial charge in [0, 0.05) is 12.1 Å². The van der Waals surface area contributed by atoms with Gasteiger partial charge in [-0.15, -0.1) is 0 Å². The van der Waals surface area contributed by atoms with Gasteiger partial charge < -0.3 is 15.1 Å². The molecule has 2 atom stereocenters. The van der Waals surface area contributed by atoms with Gasteiger partial charge in [-0.3, -0.25) is 10.1 Å². The van der Waals surface area contributed by atoms with Crippen LogP contribution in [0.3, 0.4) is 0 Å². The molecule has 1 aromatic rings. The van der Waals surface area contributed by atoms with Crippen molar-refractivity contribution in [2.75, 3.05) is 18.1 Å². The van der Waals surface area contributed by atoms with Crippen LogP contribution < -0.4 is 4.90 Å². The molecule has 0 bridgehead atoms. The molecule has 19 heavy (non-hydrogen) atoms. The highest BCUT2D eigenvalue weighted by molar-refractivity contribution is 5.49. The molecular weight excluding hydrogens is 250 g/mol. The Morgan fingerprint density at radius 1 is 1.53 bits per heavy atom. The highest BCUT2D eigenvalue weighted by Crippen LogP contribution is 2.22. The maximum absolute atomic E-state index is 10.7. The van der Waals surface area contributed by atoms with Crippen molar-refractivity contribution in [1.82, 2.24) is 4.98 Å². The van der Waals surface area contributed by atoms with Crippen LogP contribution in [0.25, 0.3) is 0 Å². The van der Waals surface area contributed by atoms with Gasteiger partial charge in [-0.05, 0) is 26.8 Å². The number of aliphatic hydroxyl groups excluding tert-OH is 2. The zero-order valence-corrected chi connectivity index (χ0v) is 11.3. The van der Waals surface area contributed by atoms with Crippen LogP contribution in [0.15, 0.2) is 12.3 Å². The number of aromatic nitrogens is 1. The number of hydrogen-bond acceptors (Lipinski definition) is 6. The van der Waals surface area contributed by atoms with E-state index in [0.717, 1.165) is 0 Å². The van der Waals surface area contributed by atoms with Crippen molar-refractivity contribution in [2.45, 2.75) is 32.9 Å². The molecular formula is C12H19N3O4. The molecule has 0 aliphatic carbocycles. The molecule has 0 saturated heterocycles. The van der Waals surface area contributed by atoms with Crippen molar-refractivity contribution in [3.8, 4) is 0 Å². The van der Waals surface area contributed by atoms with Crippen molar-refractivity contribution in [3.63, 3.8) is 0 Å². The molecule has 1 rings (SSSR count).